The van der Waals surface area contributed by atoms with Gasteiger partial charge in [-0.25, -0.2) is 9.13 Å². The Balaban J connectivity index is 5.20. The van der Waals surface area contributed by atoms with Gasteiger partial charge in [0.2, 0.25) is 0 Å². The van der Waals surface area contributed by atoms with Gasteiger partial charge in [-0.15, -0.1) is 0 Å². The summed E-state index contributed by atoms with van der Waals surface area (Å²) in [7, 11) is -9.90. The van der Waals surface area contributed by atoms with Crippen molar-refractivity contribution in [3.05, 3.63) is 0 Å². The molecule has 0 aromatic carbocycles. The van der Waals surface area contributed by atoms with Crippen molar-refractivity contribution >= 4 is 39.5 Å². The number of hydrogen-bond donors (Lipinski definition) is 3. The molecule has 2 unspecified atom stereocenters. The van der Waals surface area contributed by atoms with Crippen LogP contribution in [0, 0.1) is 11.8 Å². The largest absolute Gasteiger partial charge is 0.472 e. The summed E-state index contributed by atoms with van der Waals surface area (Å²) in [5.74, 6) is -0.633. The summed E-state index contributed by atoms with van der Waals surface area (Å²) in [6.45, 7) is 9.48. The Bertz CT molecular complexity index is 1730. The van der Waals surface area contributed by atoms with E-state index in [1.165, 1.54) is 161 Å². The second-order valence-corrected chi connectivity index (χ2v) is 29.1. The van der Waals surface area contributed by atoms with Gasteiger partial charge in [-0.05, 0) is 37.5 Å². The summed E-state index contributed by atoms with van der Waals surface area (Å²) >= 11 is 0. The lowest BCUT2D eigenvalue weighted by molar-refractivity contribution is -0.161. The van der Waals surface area contributed by atoms with Crippen molar-refractivity contribution in [1.29, 1.82) is 0 Å². The number of rotatable bonds is 69. The van der Waals surface area contributed by atoms with E-state index in [9.17, 15) is 43.2 Å². The molecular formula is C70H136O17P2. The Labute approximate surface area is 543 Å². The lowest BCUT2D eigenvalue weighted by Crippen LogP contribution is -2.30. The molecule has 89 heavy (non-hydrogen) atoms. The van der Waals surface area contributed by atoms with Gasteiger partial charge in [0, 0.05) is 25.7 Å². The van der Waals surface area contributed by atoms with E-state index in [-0.39, 0.29) is 25.7 Å². The molecule has 19 heteroatoms. The Kier molecular flexibility index (Phi) is 60.8. The molecular weight excluding hydrogens is 1170 g/mol. The van der Waals surface area contributed by atoms with E-state index in [1.54, 1.807) is 0 Å². The number of aliphatic hydroxyl groups excluding tert-OH is 1. The van der Waals surface area contributed by atoms with Crippen molar-refractivity contribution < 1.29 is 80.2 Å². The maximum atomic E-state index is 13.0. The second-order valence-electron chi connectivity index (χ2n) is 26.2. The van der Waals surface area contributed by atoms with Gasteiger partial charge in [-0.1, -0.05) is 305 Å². The van der Waals surface area contributed by atoms with Crippen molar-refractivity contribution in [2.24, 2.45) is 11.8 Å². The third kappa shape index (κ3) is 64.6. The fourth-order valence-electron chi connectivity index (χ4n) is 10.6. The minimum Gasteiger partial charge on any atom is -0.462 e. The highest BCUT2D eigenvalue weighted by atomic mass is 31.2. The first kappa shape index (κ1) is 87.1. The Morgan fingerprint density at radius 1 is 0.303 bits per heavy atom. The molecule has 0 heterocycles. The first-order valence-electron chi connectivity index (χ1n) is 36.5. The van der Waals surface area contributed by atoms with E-state index in [4.69, 9.17) is 37.0 Å². The molecule has 0 bridgehead atoms. The molecule has 0 rings (SSSR count). The summed E-state index contributed by atoms with van der Waals surface area (Å²) in [6.07, 6.45) is 47.3. The molecule has 0 amide bonds. The molecule has 0 saturated heterocycles. The average Bonchev–Trinajstić information content (AvgIpc) is 3.71. The van der Waals surface area contributed by atoms with Crippen molar-refractivity contribution in [1.82, 2.24) is 0 Å². The summed E-state index contributed by atoms with van der Waals surface area (Å²) in [6, 6.07) is 0. The number of carbonyl (C=O) groups excluding carboxylic acids is 4. The van der Waals surface area contributed by atoms with Gasteiger partial charge in [0.15, 0.2) is 12.2 Å². The topological polar surface area (TPSA) is 237 Å². The van der Waals surface area contributed by atoms with Crippen LogP contribution >= 0.6 is 15.6 Å². The SMILES string of the molecule is CCCCCCCCCCCCCCCCCCCC(=O)O[C@H](COC(=O)CCCCCCCCCCCCC(C)C)COP(=O)(O)OC[C@@H](O)COP(=O)(O)OC[C@@H](COC(=O)CCCCCCCCC)OC(=O)CCCCCCCCCCCC(C)C. The van der Waals surface area contributed by atoms with Gasteiger partial charge in [0.25, 0.3) is 0 Å². The van der Waals surface area contributed by atoms with Crippen molar-refractivity contribution in [2.75, 3.05) is 39.6 Å². The molecule has 0 radical (unpaired) electrons. The van der Waals surface area contributed by atoms with Crippen molar-refractivity contribution in [3.8, 4) is 0 Å². The molecule has 3 N–H and O–H groups in total. The number of carbonyl (C=O) groups is 4. The van der Waals surface area contributed by atoms with E-state index in [1.807, 2.05) is 0 Å². The predicted molar refractivity (Wildman–Crippen MR) is 358 cm³/mol. The summed E-state index contributed by atoms with van der Waals surface area (Å²) in [4.78, 5) is 72.4. The summed E-state index contributed by atoms with van der Waals surface area (Å²) < 4.78 is 68.2. The fourth-order valence-corrected chi connectivity index (χ4v) is 12.2. The van der Waals surface area contributed by atoms with Crippen LogP contribution in [0.3, 0.4) is 0 Å². The second kappa shape index (κ2) is 62.2. The highest BCUT2D eigenvalue weighted by Gasteiger charge is 2.30. The van der Waals surface area contributed by atoms with Crippen LogP contribution in [0.5, 0.6) is 0 Å². The van der Waals surface area contributed by atoms with Crippen LogP contribution in [0.4, 0.5) is 0 Å². The smallest absolute Gasteiger partial charge is 0.462 e. The standard InChI is InChI=1S/C70H136O17P2/c1-7-9-11-13-15-16-17-18-19-20-21-22-23-30-36-42-48-54-69(74)87-66(59-81-68(73)53-47-41-35-29-25-24-27-33-38-44-50-62(3)4)61-85-89(78,79)83-57-64(71)56-82-88(76,77)84-60-65(58-80-67(72)52-46-40-32-14-12-10-8-2)86-70(75)55-49-43-37-31-26-28-34-39-45-51-63(5)6/h62-66,71H,7-61H2,1-6H3,(H,76,77)(H,78,79)/t64-,65+,66+/m0/s1. The minimum absolute atomic E-state index is 0.105. The highest BCUT2D eigenvalue weighted by Crippen LogP contribution is 2.45. The van der Waals surface area contributed by atoms with Crippen molar-refractivity contribution in [3.63, 3.8) is 0 Å². The van der Waals surface area contributed by atoms with E-state index >= 15 is 0 Å². The summed E-state index contributed by atoms with van der Waals surface area (Å²) in [5, 5.41) is 10.6. The Morgan fingerprint density at radius 2 is 0.517 bits per heavy atom. The predicted octanol–water partition coefficient (Wildman–Crippen LogP) is 20.0. The van der Waals surface area contributed by atoms with Crippen LogP contribution < -0.4 is 0 Å². The minimum atomic E-state index is -4.95. The lowest BCUT2D eigenvalue weighted by atomic mass is 10.0. The number of phosphoric acid groups is 2. The number of unbranched alkanes of at least 4 members (excludes halogenated alkanes) is 39. The fraction of sp³-hybridized carbons (Fsp3) is 0.943. The molecule has 0 aliphatic rings. The zero-order valence-electron chi connectivity index (χ0n) is 57.7. The normalized spacial score (nSPS) is 14.1. The molecule has 0 aromatic heterocycles. The maximum absolute atomic E-state index is 13.0. The molecule has 0 spiro atoms. The van der Waals surface area contributed by atoms with Gasteiger partial charge >= 0.3 is 39.5 Å². The van der Waals surface area contributed by atoms with Crippen LogP contribution in [-0.2, 0) is 65.4 Å². The van der Waals surface area contributed by atoms with Gasteiger partial charge in [0.05, 0.1) is 26.4 Å². The molecule has 5 atom stereocenters. The van der Waals surface area contributed by atoms with Crippen LogP contribution in [-0.4, -0.2) is 96.7 Å². The molecule has 0 aromatic rings. The molecule has 0 aliphatic carbocycles. The monoisotopic (exact) mass is 1310 g/mol. The van der Waals surface area contributed by atoms with E-state index in [0.717, 1.165) is 115 Å². The number of aliphatic hydroxyl groups is 1. The maximum Gasteiger partial charge on any atom is 0.472 e. The van der Waals surface area contributed by atoms with Crippen LogP contribution in [0.15, 0.2) is 0 Å². The number of ether oxygens (including phenoxy) is 4. The van der Waals surface area contributed by atoms with Crippen LogP contribution in [0.2, 0.25) is 0 Å². The molecule has 0 fully saturated rings. The number of phosphoric ester groups is 2. The molecule has 17 nitrogen and oxygen atoms in total. The first-order chi connectivity index (χ1) is 42.9. The third-order valence-corrected chi connectivity index (χ3v) is 18.1. The van der Waals surface area contributed by atoms with Crippen molar-refractivity contribution in [2.45, 2.75) is 374 Å². The molecule has 0 aliphatic heterocycles. The van der Waals surface area contributed by atoms with Gasteiger partial charge in [0.1, 0.15) is 19.3 Å². The van der Waals surface area contributed by atoms with Crippen LogP contribution in [0.1, 0.15) is 356 Å². The summed E-state index contributed by atoms with van der Waals surface area (Å²) in [5.41, 5.74) is 0. The van der Waals surface area contributed by atoms with Gasteiger partial charge < -0.3 is 33.8 Å². The lowest BCUT2D eigenvalue weighted by Gasteiger charge is -2.21. The zero-order chi connectivity index (χ0) is 65.7. The highest BCUT2D eigenvalue weighted by molar-refractivity contribution is 7.47. The van der Waals surface area contributed by atoms with E-state index < -0.39 is 97.5 Å². The van der Waals surface area contributed by atoms with Gasteiger partial charge in [-0.2, -0.15) is 0 Å². The average molecular weight is 1310 g/mol. The number of esters is 4. The first-order valence-corrected chi connectivity index (χ1v) is 39.5. The van der Waals surface area contributed by atoms with E-state index in [0.29, 0.717) is 25.7 Å². The third-order valence-electron chi connectivity index (χ3n) is 16.2. The molecule has 0 saturated carbocycles. The van der Waals surface area contributed by atoms with Crippen LogP contribution in [0.25, 0.3) is 0 Å². The number of hydrogen-bond acceptors (Lipinski definition) is 15. The Morgan fingerprint density at radius 3 is 0.764 bits per heavy atom. The van der Waals surface area contributed by atoms with Gasteiger partial charge in [-0.3, -0.25) is 37.3 Å². The quantitative estimate of drug-likeness (QED) is 0.0222. The Hall–Kier alpha value is -1.94. The molecule has 528 valence electrons. The zero-order valence-corrected chi connectivity index (χ0v) is 59.5. The van der Waals surface area contributed by atoms with E-state index in [2.05, 4.69) is 41.5 Å².